The van der Waals surface area contributed by atoms with Crippen LogP contribution in [-0.2, 0) is 23.7 Å². The number of ether oxygens (including phenoxy) is 4. The summed E-state index contributed by atoms with van der Waals surface area (Å²) < 4.78 is 20.4. The van der Waals surface area contributed by atoms with Crippen LogP contribution in [0, 0.1) is 11.8 Å². The smallest absolute Gasteiger partial charge is 0.337 e. The SMILES string of the molecule is C=C(COCOC)C(=O)OCOC1CC2CCC1C2. The minimum Gasteiger partial charge on any atom is -0.435 e. The van der Waals surface area contributed by atoms with Gasteiger partial charge >= 0.3 is 5.97 Å². The summed E-state index contributed by atoms with van der Waals surface area (Å²) in [5.74, 6) is 1.01. The van der Waals surface area contributed by atoms with Crippen LogP contribution in [0.2, 0.25) is 0 Å². The number of rotatable bonds is 8. The summed E-state index contributed by atoms with van der Waals surface area (Å²) in [6, 6.07) is 0. The Kier molecular flexibility index (Phi) is 5.36. The number of fused-ring (bicyclic) bond motifs is 2. The van der Waals surface area contributed by atoms with Crippen LogP contribution in [0.5, 0.6) is 0 Å². The Morgan fingerprint density at radius 3 is 2.74 bits per heavy atom. The Morgan fingerprint density at radius 2 is 2.11 bits per heavy atom. The van der Waals surface area contributed by atoms with Crippen molar-refractivity contribution in [2.75, 3.05) is 27.3 Å². The van der Waals surface area contributed by atoms with E-state index >= 15 is 0 Å². The Hall–Kier alpha value is -0.910. The summed E-state index contributed by atoms with van der Waals surface area (Å²) in [6.45, 7) is 3.86. The fourth-order valence-electron chi connectivity index (χ4n) is 2.97. The number of hydrogen-bond acceptors (Lipinski definition) is 5. The van der Waals surface area contributed by atoms with Crippen molar-refractivity contribution < 1.29 is 23.7 Å². The van der Waals surface area contributed by atoms with Crippen LogP contribution in [0.1, 0.15) is 25.7 Å². The van der Waals surface area contributed by atoms with Crippen LogP contribution in [0.3, 0.4) is 0 Å². The molecule has 0 amide bonds. The lowest BCUT2D eigenvalue weighted by atomic mass is 9.98. The molecule has 5 heteroatoms. The third-order valence-electron chi connectivity index (χ3n) is 3.91. The minimum atomic E-state index is -0.473. The lowest BCUT2D eigenvalue weighted by Gasteiger charge is -2.21. The molecule has 0 aromatic heterocycles. The van der Waals surface area contributed by atoms with Gasteiger partial charge in [0.15, 0.2) is 6.79 Å². The Labute approximate surface area is 113 Å². The molecule has 2 fully saturated rings. The first-order valence-corrected chi connectivity index (χ1v) is 6.74. The van der Waals surface area contributed by atoms with Crippen molar-refractivity contribution in [3.05, 3.63) is 12.2 Å². The lowest BCUT2D eigenvalue weighted by Crippen LogP contribution is -2.23. The molecule has 2 aliphatic rings. The number of carbonyl (C=O) groups excluding carboxylic acids is 1. The molecule has 2 aliphatic carbocycles. The largest absolute Gasteiger partial charge is 0.435 e. The highest BCUT2D eigenvalue weighted by Gasteiger charge is 2.40. The molecule has 0 aromatic carbocycles. The highest BCUT2D eigenvalue weighted by molar-refractivity contribution is 5.87. The zero-order valence-electron chi connectivity index (χ0n) is 11.4. The zero-order chi connectivity index (χ0) is 13.7. The van der Waals surface area contributed by atoms with Crippen molar-refractivity contribution >= 4 is 5.97 Å². The maximum Gasteiger partial charge on any atom is 0.337 e. The zero-order valence-corrected chi connectivity index (χ0v) is 11.4. The van der Waals surface area contributed by atoms with Gasteiger partial charge in [-0.05, 0) is 37.5 Å². The number of methoxy groups -OCH3 is 1. The van der Waals surface area contributed by atoms with Crippen LogP contribution in [-0.4, -0.2) is 39.4 Å². The molecular weight excluding hydrogens is 248 g/mol. The summed E-state index contributed by atoms with van der Waals surface area (Å²) in [5, 5.41) is 0. The summed E-state index contributed by atoms with van der Waals surface area (Å²) >= 11 is 0. The van der Waals surface area contributed by atoms with E-state index in [2.05, 4.69) is 6.58 Å². The first-order chi connectivity index (χ1) is 9.20. The van der Waals surface area contributed by atoms with E-state index in [9.17, 15) is 4.79 Å². The van der Waals surface area contributed by atoms with Gasteiger partial charge in [-0.15, -0.1) is 0 Å². The van der Waals surface area contributed by atoms with Gasteiger partial charge in [0, 0.05) is 7.11 Å². The number of esters is 1. The number of carbonyl (C=O) groups is 1. The highest BCUT2D eigenvalue weighted by Crippen LogP contribution is 2.45. The van der Waals surface area contributed by atoms with Gasteiger partial charge in [-0.3, -0.25) is 0 Å². The van der Waals surface area contributed by atoms with Crippen molar-refractivity contribution in [1.82, 2.24) is 0 Å². The van der Waals surface area contributed by atoms with Gasteiger partial charge < -0.3 is 18.9 Å². The summed E-state index contributed by atoms with van der Waals surface area (Å²) in [7, 11) is 1.52. The fraction of sp³-hybridized carbons (Fsp3) is 0.786. The molecule has 2 rings (SSSR count). The predicted octanol–water partition coefficient (Wildman–Crippen LogP) is 1.87. The fourth-order valence-corrected chi connectivity index (χ4v) is 2.97. The van der Waals surface area contributed by atoms with Gasteiger partial charge in [-0.1, -0.05) is 6.58 Å². The molecule has 2 saturated carbocycles. The minimum absolute atomic E-state index is 0.00994. The van der Waals surface area contributed by atoms with Crippen molar-refractivity contribution in [2.24, 2.45) is 11.8 Å². The van der Waals surface area contributed by atoms with E-state index in [4.69, 9.17) is 18.9 Å². The second-order valence-electron chi connectivity index (χ2n) is 5.29. The van der Waals surface area contributed by atoms with Gasteiger partial charge in [0.05, 0.1) is 18.3 Å². The quantitative estimate of drug-likeness (QED) is 0.292. The maximum absolute atomic E-state index is 11.5. The van der Waals surface area contributed by atoms with Crippen molar-refractivity contribution in [2.45, 2.75) is 31.8 Å². The molecular formula is C14H22O5. The van der Waals surface area contributed by atoms with Gasteiger partial charge in [-0.25, -0.2) is 4.79 Å². The van der Waals surface area contributed by atoms with Gasteiger partial charge in [0.1, 0.15) is 6.79 Å². The molecule has 0 aliphatic heterocycles. The average molecular weight is 270 g/mol. The standard InChI is InChI=1S/C14H22O5/c1-10(7-17-8-16-2)14(15)19-9-18-13-6-11-3-4-12(13)5-11/h11-13H,1,3-9H2,2H3. The molecule has 0 saturated heterocycles. The molecule has 0 aromatic rings. The highest BCUT2D eigenvalue weighted by atomic mass is 16.7. The monoisotopic (exact) mass is 270 g/mol. The molecule has 0 N–H and O–H groups in total. The van der Waals surface area contributed by atoms with E-state index in [1.54, 1.807) is 0 Å². The van der Waals surface area contributed by atoms with Crippen molar-refractivity contribution in [1.29, 1.82) is 0 Å². The van der Waals surface area contributed by atoms with E-state index < -0.39 is 5.97 Å². The molecule has 5 nitrogen and oxygen atoms in total. The molecule has 108 valence electrons. The number of hydrogen-bond donors (Lipinski definition) is 0. The van der Waals surface area contributed by atoms with Gasteiger partial charge in [0.25, 0.3) is 0 Å². The second-order valence-corrected chi connectivity index (χ2v) is 5.29. The van der Waals surface area contributed by atoms with Crippen LogP contribution >= 0.6 is 0 Å². The predicted molar refractivity (Wildman–Crippen MR) is 68.2 cm³/mol. The molecule has 3 atom stereocenters. The topological polar surface area (TPSA) is 54.0 Å². The van der Waals surface area contributed by atoms with Crippen LogP contribution < -0.4 is 0 Å². The summed E-state index contributed by atoms with van der Waals surface area (Å²) in [5.41, 5.74) is 0.272. The van der Waals surface area contributed by atoms with E-state index in [0.29, 0.717) is 5.92 Å². The lowest BCUT2D eigenvalue weighted by molar-refractivity contribution is -0.159. The Balaban J connectivity index is 1.57. The van der Waals surface area contributed by atoms with E-state index in [0.717, 1.165) is 12.3 Å². The molecule has 2 bridgehead atoms. The normalized spacial score (nSPS) is 28.6. The Bertz CT molecular complexity index is 328. The third-order valence-corrected chi connectivity index (χ3v) is 3.91. The van der Waals surface area contributed by atoms with Crippen molar-refractivity contribution in [3.8, 4) is 0 Å². The second kappa shape index (κ2) is 7.03. The van der Waals surface area contributed by atoms with E-state index in [1.165, 1.54) is 26.4 Å². The molecule has 0 radical (unpaired) electrons. The first-order valence-electron chi connectivity index (χ1n) is 6.74. The maximum atomic E-state index is 11.5. The van der Waals surface area contributed by atoms with Crippen LogP contribution in [0.15, 0.2) is 12.2 Å². The van der Waals surface area contributed by atoms with Crippen LogP contribution in [0.25, 0.3) is 0 Å². The van der Waals surface area contributed by atoms with Crippen LogP contribution in [0.4, 0.5) is 0 Å². The first kappa shape index (κ1) is 14.5. The average Bonchev–Trinajstić information content (AvgIpc) is 3.01. The summed E-state index contributed by atoms with van der Waals surface area (Å²) in [4.78, 5) is 11.5. The third kappa shape index (κ3) is 4.03. The Morgan fingerprint density at radius 1 is 1.26 bits per heavy atom. The van der Waals surface area contributed by atoms with E-state index in [-0.39, 0.29) is 31.9 Å². The van der Waals surface area contributed by atoms with Crippen molar-refractivity contribution in [3.63, 3.8) is 0 Å². The van der Waals surface area contributed by atoms with E-state index in [1.807, 2.05) is 0 Å². The van der Waals surface area contributed by atoms with Gasteiger partial charge in [0.2, 0.25) is 0 Å². The summed E-state index contributed by atoms with van der Waals surface area (Å²) in [6.07, 6.45) is 5.24. The molecule has 0 spiro atoms. The van der Waals surface area contributed by atoms with Gasteiger partial charge in [-0.2, -0.15) is 0 Å². The molecule has 19 heavy (non-hydrogen) atoms. The molecule has 0 heterocycles. The molecule has 3 unspecified atom stereocenters.